The Morgan fingerprint density at radius 2 is 1.20 bits per heavy atom. The second-order valence-electron chi connectivity index (χ2n) is 14.3. The van der Waals surface area contributed by atoms with Crippen molar-refractivity contribution >= 4 is 13.7 Å². The third-order valence-electron chi connectivity index (χ3n) is 8.26. The number of hydrogen-bond acceptors (Lipinski definition) is 5. The van der Waals surface area contributed by atoms with Crippen LogP contribution in [-0.2, 0) is 18.4 Å². The Balaban J connectivity index is 4.64. The molecule has 290 valence electrons. The van der Waals surface area contributed by atoms with Gasteiger partial charge in [0.05, 0.1) is 39.9 Å². The van der Waals surface area contributed by atoms with Crippen molar-refractivity contribution in [3.63, 3.8) is 0 Å². The molecule has 0 aromatic rings. The van der Waals surface area contributed by atoms with Gasteiger partial charge in [-0.05, 0) is 44.9 Å². The van der Waals surface area contributed by atoms with E-state index < -0.39 is 20.0 Å². The first-order valence-corrected chi connectivity index (χ1v) is 21.2. The second-order valence-corrected chi connectivity index (χ2v) is 15.7. The van der Waals surface area contributed by atoms with Crippen LogP contribution in [0.4, 0.5) is 0 Å². The van der Waals surface area contributed by atoms with Gasteiger partial charge < -0.3 is 19.8 Å². The lowest BCUT2D eigenvalue weighted by molar-refractivity contribution is -0.870. The molecule has 0 heterocycles. The van der Waals surface area contributed by atoms with Gasteiger partial charge in [0.25, 0.3) is 0 Å². The van der Waals surface area contributed by atoms with Crippen molar-refractivity contribution in [1.82, 2.24) is 5.32 Å². The van der Waals surface area contributed by atoms with Crippen molar-refractivity contribution in [2.45, 2.75) is 154 Å². The molecular weight excluding hydrogens is 647 g/mol. The number of unbranched alkanes of at least 4 members (excludes halogenated alkanes) is 13. The first-order chi connectivity index (χ1) is 24.0. The number of hydrogen-bond donors (Lipinski definition) is 3. The van der Waals surface area contributed by atoms with Crippen LogP contribution in [0.25, 0.3) is 0 Å². The van der Waals surface area contributed by atoms with E-state index in [-0.39, 0.29) is 25.5 Å². The molecule has 0 rings (SSSR count). The van der Waals surface area contributed by atoms with E-state index in [1.807, 2.05) is 39.4 Å². The van der Waals surface area contributed by atoms with Crippen molar-refractivity contribution in [3.8, 4) is 0 Å². The summed E-state index contributed by atoms with van der Waals surface area (Å²) in [5.41, 5.74) is 0. The largest absolute Gasteiger partial charge is 0.472 e. The SMILES string of the molecule is CC/C=C\C/C=C\C/C=C\C/C=C\CCC(=O)NC(COP(=O)(O)OCC[N+](C)(C)C)C(O)/C=C/CCCCCCCCCCCCCCC. The zero-order valence-corrected chi connectivity index (χ0v) is 33.5. The summed E-state index contributed by atoms with van der Waals surface area (Å²) < 4.78 is 23.4. The third-order valence-corrected chi connectivity index (χ3v) is 9.24. The van der Waals surface area contributed by atoms with Crippen molar-refractivity contribution in [1.29, 1.82) is 0 Å². The Labute approximate surface area is 307 Å². The van der Waals surface area contributed by atoms with Crippen LogP contribution in [0.1, 0.15) is 142 Å². The lowest BCUT2D eigenvalue weighted by atomic mass is 10.0. The number of amides is 1. The van der Waals surface area contributed by atoms with Crippen molar-refractivity contribution in [2.24, 2.45) is 0 Å². The van der Waals surface area contributed by atoms with E-state index in [1.165, 1.54) is 70.6 Å². The smallest absolute Gasteiger partial charge is 0.387 e. The van der Waals surface area contributed by atoms with Gasteiger partial charge in [0.15, 0.2) is 0 Å². The zero-order chi connectivity index (χ0) is 37.2. The minimum absolute atomic E-state index is 0.0464. The topological polar surface area (TPSA) is 105 Å². The van der Waals surface area contributed by atoms with Gasteiger partial charge in [0, 0.05) is 6.42 Å². The number of phosphoric ester groups is 1. The number of carbonyl (C=O) groups is 1. The highest BCUT2D eigenvalue weighted by Gasteiger charge is 2.27. The van der Waals surface area contributed by atoms with E-state index in [0.717, 1.165) is 44.9 Å². The van der Waals surface area contributed by atoms with Crippen LogP contribution < -0.4 is 5.32 Å². The van der Waals surface area contributed by atoms with Crippen LogP contribution in [0.5, 0.6) is 0 Å². The summed E-state index contributed by atoms with van der Waals surface area (Å²) in [6.45, 7) is 4.61. The number of phosphoric acid groups is 1. The van der Waals surface area contributed by atoms with Crippen molar-refractivity contribution in [3.05, 3.63) is 60.8 Å². The Bertz CT molecular complexity index is 1000. The van der Waals surface area contributed by atoms with E-state index in [4.69, 9.17) is 9.05 Å². The third kappa shape index (κ3) is 34.6. The number of aliphatic hydroxyl groups excluding tert-OH is 1. The van der Waals surface area contributed by atoms with E-state index in [0.29, 0.717) is 17.4 Å². The number of quaternary nitrogens is 1. The summed E-state index contributed by atoms with van der Waals surface area (Å²) in [5, 5.41) is 13.7. The molecule has 9 heteroatoms. The standard InChI is InChI=1S/C41H75N2O6P/c1-6-8-10-12-14-16-18-20-21-23-24-26-28-30-32-34-40(44)39(38-49-50(46,47)48-37-36-43(3,4)5)42-41(45)35-33-31-29-27-25-22-19-17-15-13-11-9-7-2/h9,11,15,17,22,25,29,31-32,34,39-40,44H,6-8,10,12-14,16,18-21,23-24,26-28,30,33,35-38H2,1-5H3,(H-,42,45,46,47)/p+1/b11-9-,17-15-,25-22-,31-29-,34-32+. The second kappa shape index (κ2) is 33.1. The highest BCUT2D eigenvalue weighted by molar-refractivity contribution is 7.47. The summed E-state index contributed by atoms with van der Waals surface area (Å²) in [6, 6.07) is -0.884. The van der Waals surface area contributed by atoms with Gasteiger partial charge in [-0.2, -0.15) is 0 Å². The summed E-state index contributed by atoms with van der Waals surface area (Å²) in [5.74, 6) is -0.260. The van der Waals surface area contributed by atoms with Gasteiger partial charge in [0.1, 0.15) is 13.2 Å². The Hall–Kier alpha value is -1.80. The molecule has 0 saturated heterocycles. The summed E-state index contributed by atoms with van der Waals surface area (Å²) in [7, 11) is 1.52. The Morgan fingerprint density at radius 1 is 0.700 bits per heavy atom. The number of aliphatic hydroxyl groups is 1. The van der Waals surface area contributed by atoms with E-state index in [2.05, 4.69) is 55.6 Å². The molecule has 0 aliphatic carbocycles. The zero-order valence-electron chi connectivity index (χ0n) is 32.6. The molecule has 0 fully saturated rings. The van der Waals surface area contributed by atoms with Crippen molar-refractivity contribution in [2.75, 3.05) is 40.9 Å². The molecule has 0 aliphatic rings. The number of likely N-dealkylation sites (N-methyl/N-ethyl adjacent to an activating group) is 1. The average molecular weight is 724 g/mol. The number of allylic oxidation sites excluding steroid dienone is 9. The molecule has 3 N–H and O–H groups in total. The predicted octanol–water partition coefficient (Wildman–Crippen LogP) is 10.3. The molecule has 0 aromatic carbocycles. The molecule has 0 aromatic heterocycles. The number of carbonyl (C=O) groups excluding carboxylic acids is 1. The Morgan fingerprint density at radius 3 is 1.72 bits per heavy atom. The van der Waals surface area contributed by atoms with Gasteiger partial charge in [-0.3, -0.25) is 13.8 Å². The van der Waals surface area contributed by atoms with Crippen LogP contribution in [0.2, 0.25) is 0 Å². The first-order valence-electron chi connectivity index (χ1n) is 19.7. The van der Waals surface area contributed by atoms with Crippen LogP contribution in [0.15, 0.2) is 60.8 Å². The quantitative estimate of drug-likeness (QED) is 0.0264. The lowest BCUT2D eigenvalue weighted by Gasteiger charge is -2.25. The first kappa shape index (κ1) is 48.2. The lowest BCUT2D eigenvalue weighted by Crippen LogP contribution is -2.45. The molecule has 0 aliphatic heterocycles. The van der Waals surface area contributed by atoms with Gasteiger partial charge in [-0.25, -0.2) is 4.57 Å². The highest BCUT2D eigenvalue weighted by atomic mass is 31.2. The normalized spacial score (nSPS) is 15.3. The minimum atomic E-state index is -4.35. The van der Waals surface area contributed by atoms with Crippen LogP contribution in [-0.4, -0.2) is 73.4 Å². The summed E-state index contributed by atoms with van der Waals surface area (Å²) >= 11 is 0. The van der Waals surface area contributed by atoms with Gasteiger partial charge >= 0.3 is 7.82 Å². The molecular formula is C41H76N2O6P+. The Kier molecular flexibility index (Phi) is 31.9. The maximum Gasteiger partial charge on any atom is 0.472 e. The fourth-order valence-corrected chi connectivity index (χ4v) is 5.84. The van der Waals surface area contributed by atoms with Crippen LogP contribution in [0.3, 0.4) is 0 Å². The molecule has 3 atom stereocenters. The van der Waals surface area contributed by atoms with Crippen molar-refractivity contribution < 1.29 is 32.9 Å². The van der Waals surface area contributed by atoms with Gasteiger partial charge in [-0.15, -0.1) is 0 Å². The highest BCUT2D eigenvalue weighted by Crippen LogP contribution is 2.43. The maximum atomic E-state index is 12.8. The van der Waals surface area contributed by atoms with E-state index in [1.54, 1.807) is 6.08 Å². The minimum Gasteiger partial charge on any atom is -0.387 e. The monoisotopic (exact) mass is 724 g/mol. The molecule has 50 heavy (non-hydrogen) atoms. The summed E-state index contributed by atoms with van der Waals surface area (Å²) in [4.78, 5) is 23.0. The maximum absolute atomic E-state index is 12.8. The molecule has 8 nitrogen and oxygen atoms in total. The van der Waals surface area contributed by atoms with Crippen LogP contribution in [0, 0.1) is 0 Å². The molecule has 0 radical (unpaired) electrons. The average Bonchev–Trinajstić information content (AvgIpc) is 3.06. The van der Waals surface area contributed by atoms with E-state index in [9.17, 15) is 19.4 Å². The molecule has 0 saturated carbocycles. The number of rotatable bonds is 34. The van der Waals surface area contributed by atoms with Crippen LogP contribution >= 0.6 is 7.82 Å². The predicted molar refractivity (Wildman–Crippen MR) is 212 cm³/mol. The molecule has 1 amide bonds. The fraction of sp³-hybridized carbons (Fsp3) is 0.732. The van der Waals surface area contributed by atoms with E-state index >= 15 is 0 Å². The molecule has 0 spiro atoms. The van der Waals surface area contributed by atoms with Gasteiger partial charge in [0.2, 0.25) is 5.91 Å². The number of nitrogens with one attached hydrogen (secondary N) is 1. The fourth-order valence-electron chi connectivity index (χ4n) is 5.11. The molecule has 0 bridgehead atoms. The summed E-state index contributed by atoms with van der Waals surface area (Å²) in [6.07, 6.45) is 41.6. The molecule has 3 unspecified atom stereocenters. The number of nitrogens with zero attached hydrogens (tertiary/aromatic N) is 1. The van der Waals surface area contributed by atoms with Gasteiger partial charge in [-0.1, -0.05) is 152 Å².